The van der Waals surface area contributed by atoms with E-state index in [9.17, 15) is 8.42 Å². The van der Waals surface area contributed by atoms with E-state index in [1.54, 1.807) is 7.11 Å². The summed E-state index contributed by atoms with van der Waals surface area (Å²) in [6.07, 6.45) is 0. The molecule has 1 saturated heterocycles. The van der Waals surface area contributed by atoms with Crippen molar-refractivity contribution in [1.29, 1.82) is 0 Å². The van der Waals surface area contributed by atoms with Gasteiger partial charge < -0.3 is 9.47 Å². The van der Waals surface area contributed by atoms with E-state index in [0.717, 1.165) is 0 Å². The molecule has 1 aliphatic heterocycles. The number of ether oxygens (including phenoxy) is 2. The van der Waals surface area contributed by atoms with E-state index in [2.05, 4.69) is 0 Å². The summed E-state index contributed by atoms with van der Waals surface area (Å²) in [4.78, 5) is 0. The van der Waals surface area contributed by atoms with Crippen LogP contribution in [0.5, 0.6) is 0 Å². The molecule has 1 fully saturated rings. The van der Waals surface area contributed by atoms with Gasteiger partial charge in [0.05, 0.1) is 19.8 Å². The molecule has 0 unspecified atom stereocenters. The summed E-state index contributed by atoms with van der Waals surface area (Å²) in [6, 6.07) is 0. The topological polar surface area (TPSA) is 59.1 Å². The number of hydrogen-bond acceptors (Lipinski definition) is 4. The highest BCUT2D eigenvalue weighted by Crippen LogP contribution is 2.11. The second-order valence-electron chi connectivity index (χ2n) is 3.60. The van der Waals surface area contributed by atoms with Gasteiger partial charge in [-0.2, -0.15) is 17.0 Å². The van der Waals surface area contributed by atoms with E-state index < -0.39 is 10.2 Å². The minimum Gasteiger partial charge on any atom is -0.383 e. The first-order valence-electron chi connectivity index (χ1n) is 5.50. The molecule has 0 aromatic rings. The number of rotatable bonds is 7. The van der Waals surface area contributed by atoms with Gasteiger partial charge in [0.1, 0.15) is 0 Å². The Morgan fingerprint density at radius 1 is 1.35 bits per heavy atom. The molecule has 0 radical (unpaired) electrons. The van der Waals surface area contributed by atoms with Crippen molar-refractivity contribution in [3.8, 4) is 0 Å². The van der Waals surface area contributed by atoms with Crippen LogP contribution in [-0.2, 0) is 19.7 Å². The van der Waals surface area contributed by atoms with Crippen molar-refractivity contribution >= 4 is 21.8 Å². The van der Waals surface area contributed by atoms with Crippen molar-refractivity contribution in [1.82, 2.24) is 8.61 Å². The van der Waals surface area contributed by atoms with Gasteiger partial charge in [-0.1, -0.05) is 0 Å². The first-order chi connectivity index (χ1) is 8.12. The Labute approximate surface area is 108 Å². The van der Waals surface area contributed by atoms with Crippen LogP contribution < -0.4 is 0 Å². The summed E-state index contributed by atoms with van der Waals surface area (Å²) >= 11 is 5.63. The van der Waals surface area contributed by atoms with Gasteiger partial charge in [0.25, 0.3) is 10.2 Å². The largest absolute Gasteiger partial charge is 0.383 e. The lowest BCUT2D eigenvalue weighted by Gasteiger charge is -2.31. The van der Waals surface area contributed by atoms with Gasteiger partial charge in [-0.15, -0.1) is 11.6 Å². The van der Waals surface area contributed by atoms with E-state index in [4.69, 9.17) is 21.1 Å². The van der Waals surface area contributed by atoms with E-state index in [0.29, 0.717) is 46.0 Å². The Hall–Kier alpha value is 0.0800. The van der Waals surface area contributed by atoms with Gasteiger partial charge in [0, 0.05) is 39.2 Å². The molecule has 0 spiro atoms. The monoisotopic (exact) mass is 286 g/mol. The van der Waals surface area contributed by atoms with Crippen LogP contribution in [0, 0.1) is 0 Å². The van der Waals surface area contributed by atoms with Crippen molar-refractivity contribution in [3.05, 3.63) is 0 Å². The fourth-order valence-corrected chi connectivity index (χ4v) is 3.44. The fraction of sp³-hybridized carbons (Fsp3) is 1.00. The third kappa shape index (κ3) is 4.35. The molecule has 8 heteroatoms. The van der Waals surface area contributed by atoms with Crippen molar-refractivity contribution < 1.29 is 17.9 Å². The van der Waals surface area contributed by atoms with E-state index in [-0.39, 0.29) is 5.88 Å². The molecule has 0 N–H and O–H groups in total. The van der Waals surface area contributed by atoms with Crippen LogP contribution in [0.2, 0.25) is 0 Å². The normalized spacial score (nSPS) is 18.8. The van der Waals surface area contributed by atoms with Crippen LogP contribution in [0.1, 0.15) is 0 Å². The molecule has 6 nitrogen and oxygen atoms in total. The van der Waals surface area contributed by atoms with Gasteiger partial charge in [0.2, 0.25) is 0 Å². The number of hydrogen-bond donors (Lipinski definition) is 0. The molecule has 17 heavy (non-hydrogen) atoms. The molecular weight excluding hydrogens is 268 g/mol. The minimum atomic E-state index is -3.44. The Kier molecular flexibility index (Phi) is 6.68. The van der Waals surface area contributed by atoms with E-state index in [1.807, 2.05) is 0 Å². The van der Waals surface area contributed by atoms with Crippen molar-refractivity contribution in [2.45, 2.75) is 0 Å². The quantitative estimate of drug-likeness (QED) is 0.606. The predicted octanol–water partition coefficient (Wildman–Crippen LogP) is -0.249. The van der Waals surface area contributed by atoms with Crippen LogP contribution in [0.15, 0.2) is 0 Å². The van der Waals surface area contributed by atoms with Crippen molar-refractivity contribution in [2.24, 2.45) is 0 Å². The zero-order chi connectivity index (χ0) is 12.7. The molecule has 1 aliphatic rings. The van der Waals surface area contributed by atoms with Crippen LogP contribution in [-0.4, -0.2) is 76.0 Å². The molecule has 0 aromatic carbocycles. The van der Waals surface area contributed by atoms with Crippen molar-refractivity contribution in [2.75, 3.05) is 59.0 Å². The lowest BCUT2D eigenvalue weighted by Crippen LogP contribution is -2.49. The minimum absolute atomic E-state index is 0.271. The smallest absolute Gasteiger partial charge is 0.282 e. The van der Waals surface area contributed by atoms with Crippen molar-refractivity contribution in [3.63, 3.8) is 0 Å². The summed E-state index contributed by atoms with van der Waals surface area (Å²) in [7, 11) is -1.89. The molecule has 1 heterocycles. The highest BCUT2D eigenvalue weighted by atomic mass is 35.5. The summed E-state index contributed by atoms with van der Waals surface area (Å²) in [5, 5.41) is 0. The third-order valence-corrected chi connectivity index (χ3v) is 4.71. The van der Waals surface area contributed by atoms with Crippen LogP contribution in [0.25, 0.3) is 0 Å². The Balaban J connectivity index is 2.67. The Bertz CT molecular complexity index is 306. The van der Waals surface area contributed by atoms with Gasteiger partial charge in [-0.3, -0.25) is 0 Å². The summed E-state index contributed by atoms with van der Waals surface area (Å²) < 4.78 is 37.4. The summed E-state index contributed by atoms with van der Waals surface area (Å²) in [6.45, 7) is 2.66. The second kappa shape index (κ2) is 7.50. The third-order valence-electron chi connectivity index (χ3n) is 2.50. The molecule has 0 saturated carbocycles. The molecule has 0 aliphatic carbocycles. The van der Waals surface area contributed by atoms with Crippen LogP contribution >= 0.6 is 11.6 Å². The Morgan fingerprint density at radius 3 is 2.53 bits per heavy atom. The number of alkyl halides is 1. The zero-order valence-electron chi connectivity index (χ0n) is 9.97. The zero-order valence-corrected chi connectivity index (χ0v) is 11.5. The first kappa shape index (κ1) is 15.1. The maximum atomic E-state index is 12.3. The first-order valence-corrected chi connectivity index (χ1v) is 7.44. The highest BCUT2D eigenvalue weighted by molar-refractivity contribution is 7.86. The summed E-state index contributed by atoms with van der Waals surface area (Å²) in [5.74, 6) is 0.271. The number of morpholine rings is 1. The van der Waals surface area contributed by atoms with Gasteiger partial charge in [-0.25, -0.2) is 0 Å². The van der Waals surface area contributed by atoms with Crippen LogP contribution in [0.3, 0.4) is 0 Å². The van der Waals surface area contributed by atoms with Gasteiger partial charge in [0.15, 0.2) is 0 Å². The molecule has 0 bridgehead atoms. The summed E-state index contributed by atoms with van der Waals surface area (Å²) in [5.41, 5.74) is 0. The molecule has 0 aromatic heterocycles. The maximum Gasteiger partial charge on any atom is 0.282 e. The molecule has 0 amide bonds. The Morgan fingerprint density at radius 2 is 2.00 bits per heavy atom. The standard InChI is InChI=1S/C9H19ClN2O4S/c1-15-7-4-11(3-2-10)17(13,14)12-5-8-16-9-6-12/h2-9H2,1H3. The van der Waals surface area contributed by atoms with E-state index >= 15 is 0 Å². The molecule has 0 atom stereocenters. The number of methoxy groups -OCH3 is 1. The molecule has 102 valence electrons. The average Bonchev–Trinajstić information content (AvgIpc) is 2.35. The lowest BCUT2D eigenvalue weighted by molar-refractivity contribution is 0.0695. The lowest BCUT2D eigenvalue weighted by atomic mass is 10.5. The van der Waals surface area contributed by atoms with E-state index in [1.165, 1.54) is 8.61 Å². The highest BCUT2D eigenvalue weighted by Gasteiger charge is 2.30. The average molecular weight is 287 g/mol. The van der Waals surface area contributed by atoms with Gasteiger partial charge in [-0.05, 0) is 0 Å². The SMILES string of the molecule is COCCN(CCCl)S(=O)(=O)N1CCOCC1. The molecular formula is C9H19ClN2O4S. The molecule has 1 rings (SSSR count). The van der Waals surface area contributed by atoms with Gasteiger partial charge >= 0.3 is 0 Å². The number of halogens is 1. The number of nitrogens with zero attached hydrogens (tertiary/aromatic N) is 2. The predicted molar refractivity (Wildman–Crippen MR) is 65.5 cm³/mol. The van der Waals surface area contributed by atoms with Crippen LogP contribution in [0.4, 0.5) is 0 Å². The maximum absolute atomic E-state index is 12.3. The second-order valence-corrected chi connectivity index (χ2v) is 5.91. The fourth-order valence-electron chi connectivity index (χ4n) is 1.57.